The smallest absolute Gasteiger partial charge is 0.255 e. The number of amides is 1. The molecule has 20 nitrogen and oxygen atoms in total. The summed E-state index contributed by atoms with van der Waals surface area (Å²) in [7, 11) is 13.2. The number of aromatic nitrogens is 12. The van der Waals surface area contributed by atoms with E-state index >= 15 is 0 Å². The van der Waals surface area contributed by atoms with Crippen molar-refractivity contribution >= 4 is 164 Å². The molecule has 0 spiro atoms. The first-order valence-electron chi connectivity index (χ1n) is 33.4. The number of halogens is 5. The number of aliphatic hydroxyl groups is 2. The van der Waals surface area contributed by atoms with Crippen molar-refractivity contribution in [3.8, 4) is 11.1 Å². The maximum atomic E-state index is 12.5. The molecule has 3 atom stereocenters. The number of fused-ring (bicyclic) bond motifs is 8. The first kappa shape index (κ1) is 74.5. The molecule has 2 aliphatic rings. The highest BCUT2D eigenvalue weighted by Crippen LogP contribution is 2.42. The van der Waals surface area contributed by atoms with Crippen LogP contribution in [-0.4, -0.2) is 99.1 Å². The van der Waals surface area contributed by atoms with Crippen molar-refractivity contribution < 1.29 is 29.3 Å². The van der Waals surface area contributed by atoms with Gasteiger partial charge in [-0.1, -0.05) is 78.9 Å². The summed E-state index contributed by atoms with van der Waals surface area (Å²) in [4.78, 5) is 53.9. The van der Waals surface area contributed by atoms with Gasteiger partial charge in [-0.15, -0.1) is 0 Å². The molecular formula is C81H71Br5N14O6. The van der Waals surface area contributed by atoms with Crippen molar-refractivity contribution in [1.82, 2.24) is 62.6 Å². The van der Waals surface area contributed by atoms with Gasteiger partial charge in [-0.05, 0) is 179 Å². The van der Waals surface area contributed by atoms with E-state index in [0.29, 0.717) is 35.6 Å². The largest absolute Gasteiger partial charge is 0.398 e. The monoisotopic (exact) mass is 1730 g/mol. The number of rotatable bonds is 8. The zero-order valence-corrected chi connectivity index (χ0v) is 66.4. The Bertz CT molecular complexity index is 5940. The Morgan fingerprint density at radius 2 is 1.04 bits per heavy atom. The van der Waals surface area contributed by atoms with Crippen LogP contribution >= 0.6 is 79.6 Å². The SMILES string of the molecule is Brc1cnc2[nH]ccc2c1.CN(C)C(=O)c1cc(-c2cnc3c(c2)c(C2OCc4ccccc42)cn3C)ccc1N.Cn1cc(C(O)c2ccccc2CO)c2cc(Br)cnc21.Cn1cc(C2OCc3ccccc32)c2cc(Br)cnc21.Cn1cc(C=O)c2cc(Br)cnc21.Cn1ccc2cc(Br)cnc21. The fraction of sp³-hybridized carbons (Fsp3) is 0.160. The Morgan fingerprint density at radius 1 is 0.538 bits per heavy atom. The van der Waals surface area contributed by atoms with Crippen LogP contribution in [0, 0.1) is 0 Å². The lowest BCUT2D eigenvalue weighted by atomic mass is 9.97. The van der Waals surface area contributed by atoms with Gasteiger partial charge < -0.3 is 58.1 Å². The maximum absolute atomic E-state index is 12.5. The zero-order valence-electron chi connectivity index (χ0n) is 58.5. The number of nitrogens with one attached hydrogen (secondary N) is 1. The number of ether oxygens (including phenoxy) is 2. The first-order valence-corrected chi connectivity index (χ1v) is 37.4. The quantitative estimate of drug-likeness (QED) is 0.0819. The second kappa shape index (κ2) is 32.5. The predicted octanol–water partition coefficient (Wildman–Crippen LogP) is 17.8. The average molecular weight is 1740 g/mol. The van der Waals surface area contributed by atoms with Crippen LogP contribution in [-0.2, 0) is 64.5 Å². The number of H-pyrrole nitrogens is 1. The summed E-state index contributed by atoms with van der Waals surface area (Å²) in [6.45, 7) is 1.19. The highest BCUT2D eigenvalue weighted by atomic mass is 79.9. The molecule has 2 aliphatic heterocycles. The first-order chi connectivity index (χ1) is 51.1. The molecule has 3 unspecified atom stereocenters. The van der Waals surface area contributed by atoms with E-state index < -0.39 is 6.10 Å². The molecule has 1 amide bonds. The molecule has 25 heteroatoms. The topological polar surface area (TPSA) is 240 Å². The second-order valence-electron chi connectivity index (χ2n) is 25.7. The van der Waals surface area contributed by atoms with Crippen molar-refractivity contribution in [2.75, 3.05) is 19.8 Å². The minimum Gasteiger partial charge on any atom is -0.398 e. The van der Waals surface area contributed by atoms with Crippen molar-refractivity contribution in [1.29, 1.82) is 0 Å². The van der Waals surface area contributed by atoms with E-state index in [1.54, 1.807) is 44.9 Å². The number of nitrogens with zero attached hydrogens (tertiary/aromatic N) is 12. The summed E-state index contributed by atoms with van der Waals surface area (Å²) in [5, 5.41) is 26.4. The fourth-order valence-corrected chi connectivity index (χ4v) is 14.9. The Balaban J connectivity index is 0.000000118. The Labute approximate surface area is 652 Å². The number of hydrogen-bond donors (Lipinski definition) is 4. The molecule has 5 N–H and O–H groups in total. The molecule has 0 saturated heterocycles. The van der Waals surface area contributed by atoms with Gasteiger partial charge in [0.1, 0.15) is 52.2 Å². The number of carbonyl (C=O) groups excluding carboxylic acids is 2. The highest BCUT2D eigenvalue weighted by molar-refractivity contribution is 9.11. The summed E-state index contributed by atoms with van der Waals surface area (Å²) in [5.74, 6) is -0.121. The number of nitrogen functional groups attached to an aromatic ring is 1. The van der Waals surface area contributed by atoms with E-state index in [2.05, 4.69) is 181 Å². The fourth-order valence-electron chi connectivity index (χ4n) is 13.2. The molecule has 0 aliphatic carbocycles. The van der Waals surface area contributed by atoms with Crippen LogP contribution in [0.15, 0.2) is 236 Å². The Hall–Kier alpha value is -9.80. The molecule has 0 fully saturated rings. The van der Waals surface area contributed by atoms with Gasteiger partial charge in [0.25, 0.3) is 5.91 Å². The Kier molecular flexibility index (Phi) is 22.8. The zero-order chi connectivity index (χ0) is 74.6. The molecule has 14 heterocycles. The van der Waals surface area contributed by atoms with Crippen LogP contribution in [0.1, 0.15) is 89.1 Å². The molecule has 0 radical (unpaired) electrons. The van der Waals surface area contributed by atoms with Crippen LogP contribution < -0.4 is 5.73 Å². The summed E-state index contributed by atoms with van der Waals surface area (Å²) >= 11 is 16.9. The lowest BCUT2D eigenvalue weighted by Crippen LogP contribution is -2.22. The number of benzene rings is 4. The number of hydrogen-bond acceptors (Lipinski definition) is 13. The van der Waals surface area contributed by atoms with E-state index in [-0.39, 0.29) is 24.7 Å². The number of aryl methyl sites for hydroxylation is 5. The normalized spacial score (nSPS) is 13.7. The number of aldehydes is 1. The maximum Gasteiger partial charge on any atom is 0.255 e. The van der Waals surface area contributed by atoms with Gasteiger partial charge in [-0.2, -0.15) is 0 Å². The third-order valence-corrected chi connectivity index (χ3v) is 20.5. The van der Waals surface area contributed by atoms with E-state index in [1.807, 2.05) is 170 Å². The molecule has 16 aromatic rings. The summed E-state index contributed by atoms with van der Waals surface area (Å²) in [6, 6.07) is 45.8. The van der Waals surface area contributed by atoms with Crippen LogP contribution in [0.2, 0.25) is 0 Å². The number of aliphatic hydroxyl groups excluding tert-OH is 2. The molecule has 12 aromatic heterocycles. The molecule has 0 bridgehead atoms. The molecular weight excluding hydrogens is 1660 g/mol. The van der Waals surface area contributed by atoms with Gasteiger partial charge in [0.05, 0.1) is 25.4 Å². The van der Waals surface area contributed by atoms with Crippen molar-refractivity contribution in [3.63, 3.8) is 0 Å². The molecule has 0 saturated carbocycles. The van der Waals surface area contributed by atoms with Crippen molar-refractivity contribution in [3.05, 3.63) is 297 Å². The van der Waals surface area contributed by atoms with Crippen LogP contribution in [0.4, 0.5) is 5.69 Å². The molecule has 18 rings (SSSR count). The van der Waals surface area contributed by atoms with E-state index in [1.165, 1.54) is 38.1 Å². The third-order valence-electron chi connectivity index (χ3n) is 18.3. The number of anilines is 1. The van der Waals surface area contributed by atoms with Gasteiger partial charge in [0.15, 0.2) is 6.29 Å². The van der Waals surface area contributed by atoms with Crippen LogP contribution in [0.5, 0.6) is 0 Å². The molecule has 106 heavy (non-hydrogen) atoms. The van der Waals surface area contributed by atoms with Gasteiger partial charge >= 0.3 is 0 Å². The molecule has 4 aromatic carbocycles. The predicted molar refractivity (Wildman–Crippen MR) is 434 cm³/mol. The second-order valence-corrected chi connectivity index (χ2v) is 30.2. The summed E-state index contributed by atoms with van der Waals surface area (Å²) in [5.41, 5.74) is 24.5. The number of nitrogens with two attached hydrogens (primary N) is 1. The minimum absolute atomic E-state index is 0.00556. The summed E-state index contributed by atoms with van der Waals surface area (Å²) < 4.78 is 26.8. The lowest BCUT2D eigenvalue weighted by Gasteiger charge is -2.14. The van der Waals surface area contributed by atoms with E-state index in [9.17, 15) is 19.8 Å². The number of pyridine rings is 6. The van der Waals surface area contributed by atoms with E-state index in [4.69, 9.17) is 20.2 Å². The van der Waals surface area contributed by atoms with Crippen LogP contribution in [0.3, 0.4) is 0 Å². The summed E-state index contributed by atoms with van der Waals surface area (Å²) in [6.07, 6.45) is 22.4. The average Bonchev–Trinajstić information content (AvgIpc) is 1.61. The van der Waals surface area contributed by atoms with E-state index in [0.717, 1.165) is 117 Å². The van der Waals surface area contributed by atoms with Gasteiger partial charge in [0.2, 0.25) is 0 Å². The highest BCUT2D eigenvalue weighted by Gasteiger charge is 2.30. The number of carbonyl (C=O) groups is 2. The van der Waals surface area contributed by atoms with Gasteiger partial charge in [-0.25, -0.2) is 29.9 Å². The minimum atomic E-state index is -0.798. The van der Waals surface area contributed by atoms with Gasteiger partial charge in [0, 0.05) is 212 Å². The number of aromatic amines is 1. The van der Waals surface area contributed by atoms with Crippen molar-refractivity contribution in [2.45, 2.75) is 38.1 Å². The standard InChI is InChI=1S/C25H24N4O2.C16H15BrN2O2.C16H13BrN2O.C9H7BrN2O.C8H7BrN2.C7H5BrN2/c1-28(2)25(30)20-10-15(8-9-22(20)26)17-11-19-21(13-29(3)24(19)27-12-17)23-18-7-5-4-6-16(18)14-31-23;1-19-8-14(13-6-11(17)7-18-16(13)19)15(21)12-5-3-2-4-10(12)9-20;1-19-8-14(13-6-11(17)7-18-16(13)19)15-12-5-3-2-4-10(12)9-20-15;1-12-4-6(5-13)8-2-7(10)3-11-9(8)12;1-11-3-2-6-4-7(9)5-10-8(6)11;8-6-3-5-1-2-9-7(5)10-4-6/h4-13,23H,14,26H2,1-3H3;2-8,15,20-21H,9H2,1H3;2-8,15H,9H2,1H3;2-5H,1H3;2-5H,1H3;1-4H,(H,9,10). The Morgan fingerprint density at radius 3 is 1.65 bits per heavy atom. The molecule has 536 valence electrons. The lowest BCUT2D eigenvalue weighted by molar-refractivity contribution is 0.0828. The van der Waals surface area contributed by atoms with Crippen molar-refractivity contribution in [2.24, 2.45) is 35.2 Å². The van der Waals surface area contributed by atoms with Crippen LogP contribution in [0.25, 0.3) is 77.3 Å². The van der Waals surface area contributed by atoms with Gasteiger partial charge in [-0.3, -0.25) is 9.59 Å². The third kappa shape index (κ3) is 15.9.